The highest BCUT2D eigenvalue weighted by Gasteiger charge is 2.56. The van der Waals surface area contributed by atoms with Gasteiger partial charge in [-0.1, -0.05) is 0 Å². The lowest BCUT2D eigenvalue weighted by Gasteiger charge is -2.28. The summed E-state index contributed by atoms with van der Waals surface area (Å²) in [6, 6.07) is 5.66. The van der Waals surface area contributed by atoms with Crippen LogP contribution >= 0.6 is 0 Å². The van der Waals surface area contributed by atoms with Crippen molar-refractivity contribution < 1.29 is 34.0 Å². The maximum atomic E-state index is 12.4. The van der Waals surface area contributed by atoms with Crippen LogP contribution in [0, 0.1) is 0 Å². The number of aliphatic hydroxyl groups excluding tert-OH is 2. The third kappa shape index (κ3) is 3.92. The minimum atomic E-state index is -1.18. The van der Waals surface area contributed by atoms with Crippen molar-refractivity contribution in [3.05, 3.63) is 24.3 Å². The second-order valence-corrected chi connectivity index (χ2v) is 6.67. The predicted molar refractivity (Wildman–Crippen MR) is 90.7 cm³/mol. The van der Waals surface area contributed by atoms with E-state index in [0.717, 1.165) is 0 Å². The highest BCUT2D eigenvalue weighted by Crippen LogP contribution is 2.38. The molecule has 2 saturated heterocycles. The van der Waals surface area contributed by atoms with E-state index >= 15 is 0 Å². The number of urea groups is 1. The van der Waals surface area contributed by atoms with Gasteiger partial charge in [0, 0.05) is 5.69 Å². The normalized spacial score (nSPS) is 30.5. The number of hydrogen-bond donors (Lipinski definition) is 4. The van der Waals surface area contributed by atoms with Crippen molar-refractivity contribution in [3.63, 3.8) is 0 Å². The summed E-state index contributed by atoms with van der Waals surface area (Å²) in [6.45, 7) is 2.97. The number of hydrogen-bond acceptors (Lipinski definition) is 7. The van der Waals surface area contributed by atoms with Crippen molar-refractivity contribution in [2.75, 3.05) is 19.0 Å². The Morgan fingerprint density at radius 2 is 2.00 bits per heavy atom. The molecule has 0 aromatic heterocycles. The first-order chi connectivity index (χ1) is 12.3. The van der Waals surface area contributed by atoms with Crippen LogP contribution in [0.4, 0.5) is 10.5 Å². The number of amides is 2. The molecule has 0 aliphatic carbocycles. The van der Waals surface area contributed by atoms with Gasteiger partial charge in [-0.15, -0.1) is 0 Å². The second kappa shape index (κ2) is 7.37. The quantitative estimate of drug-likeness (QED) is 0.595. The molecule has 9 nitrogen and oxygen atoms in total. The predicted octanol–water partition coefficient (Wildman–Crippen LogP) is 0.415. The van der Waals surface area contributed by atoms with Crippen molar-refractivity contribution >= 4 is 11.7 Å². The first-order valence-electron chi connectivity index (χ1n) is 8.34. The number of benzene rings is 1. The zero-order valence-electron chi connectivity index (χ0n) is 14.8. The van der Waals surface area contributed by atoms with Gasteiger partial charge in [-0.2, -0.15) is 0 Å². The van der Waals surface area contributed by atoms with Crippen LogP contribution in [0.3, 0.4) is 0 Å². The minimum absolute atomic E-state index is 0.493. The van der Waals surface area contributed by atoms with Crippen molar-refractivity contribution in [3.8, 4) is 5.75 Å². The van der Waals surface area contributed by atoms with Gasteiger partial charge in [0.05, 0.1) is 19.8 Å². The molecule has 2 amide bonds. The van der Waals surface area contributed by atoms with E-state index in [1.165, 1.54) is 0 Å². The number of nitrogens with one attached hydrogen (secondary N) is 2. The maximum Gasteiger partial charge on any atom is 0.319 e. The summed E-state index contributed by atoms with van der Waals surface area (Å²) in [5, 5.41) is 24.7. The van der Waals surface area contributed by atoms with Crippen LogP contribution in [0.1, 0.15) is 13.8 Å². The van der Waals surface area contributed by atoms with Crippen LogP contribution in [0.5, 0.6) is 5.75 Å². The first kappa shape index (κ1) is 18.9. The Morgan fingerprint density at radius 1 is 1.31 bits per heavy atom. The molecule has 1 aromatic rings. The van der Waals surface area contributed by atoms with Gasteiger partial charge in [0.15, 0.2) is 12.1 Å². The highest BCUT2D eigenvalue weighted by molar-refractivity contribution is 5.89. The molecular weight excluding hydrogens is 344 g/mol. The minimum Gasteiger partial charge on any atom is -0.497 e. The van der Waals surface area contributed by atoms with Crippen molar-refractivity contribution in [2.24, 2.45) is 0 Å². The monoisotopic (exact) mass is 368 g/mol. The molecule has 4 N–H and O–H groups in total. The fraction of sp³-hybridized carbons (Fsp3) is 0.588. The van der Waals surface area contributed by atoms with Crippen LogP contribution in [-0.4, -0.2) is 66.4 Å². The number of fused-ring (bicyclic) bond motifs is 1. The summed E-state index contributed by atoms with van der Waals surface area (Å²) in [6.07, 6.45) is -3.37. The number of rotatable bonds is 5. The van der Waals surface area contributed by atoms with Crippen LogP contribution in [-0.2, 0) is 14.2 Å². The average Bonchev–Trinajstić information content (AvgIpc) is 3.07. The van der Waals surface area contributed by atoms with Crippen molar-refractivity contribution in [2.45, 2.75) is 50.3 Å². The van der Waals surface area contributed by atoms with E-state index in [2.05, 4.69) is 10.6 Å². The smallest absolute Gasteiger partial charge is 0.319 e. The summed E-state index contributed by atoms with van der Waals surface area (Å²) >= 11 is 0. The molecule has 2 fully saturated rings. The molecule has 5 atom stereocenters. The van der Waals surface area contributed by atoms with Gasteiger partial charge in [0.25, 0.3) is 0 Å². The van der Waals surface area contributed by atoms with Gasteiger partial charge in [0.1, 0.15) is 24.1 Å². The summed E-state index contributed by atoms with van der Waals surface area (Å²) in [4.78, 5) is 12.4. The molecule has 1 unspecified atom stereocenters. The van der Waals surface area contributed by atoms with E-state index in [1.807, 2.05) is 0 Å². The maximum absolute atomic E-state index is 12.4. The standard InChI is InChI=1S/C17H24N2O7/c1-17(2)25-14-12(13(11(21)8-20)24-15(14)26-17)19-16(22)18-9-4-6-10(23-3)7-5-9/h4-7,11-15,20-21H,8H2,1-3H3,(H2,18,19,22)/t11?,12-,13-,14-,15-/m1/s1. The molecule has 2 aliphatic heterocycles. The number of aliphatic hydroxyl groups is 2. The first-order valence-corrected chi connectivity index (χ1v) is 8.34. The van der Waals surface area contributed by atoms with Crippen molar-refractivity contribution in [1.82, 2.24) is 5.32 Å². The van der Waals surface area contributed by atoms with Crippen LogP contribution in [0.25, 0.3) is 0 Å². The number of anilines is 1. The Labute approximate surface area is 151 Å². The molecule has 0 bridgehead atoms. The third-order valence-electron chi connectivity index (χ3n) is 4.30. The van der Waals surface area contributed by atoms with E-state index < -0.39 is 49.1 Å². The van der Waals surface area contributed by atoms with Crippen LogP contribution in [0.2, 0.25) is 0 Å². The Hall–Kier alpha value is -1.91. The van der Waals surface area contributed by atoms with Crippen molar-refractivity contribution in [1.29, 1.82) is 0 Å². The molecular formula is C17H24N2O7. The van der Waals surface area contributed by atoms with Gasteiger partial charge in [0.2, 0.25) is 0 Å². The van der Waals surface area contributed by atoms with Gasteiger partial charge < -0.3 is 39.8 Å². The summed E-state index contributed by atoms with van der Waals surface area (Å²) in [5.41, 5.74) is 0.571. The van der Waals surface area contributed by atoms with E-state index in [4.69, 9.17) is 18.9 Å². The molecule has 144 valence electrons. The summed E-state index contributed by atoms with van der Waals surface area (Å²) in [5.74, 6) is -0.190. The topological polar surface area (TPSA) is 119 Å². The molecule has 2 aliphatic rings. The number of carbonyl (C=O) groups excluding carboxylic acids is 1. The van der Waals surface area contributed by atoms with Gasteiger partial charge in [-0.3, -0.25) is 0 Å². The fourth-order valence-corrected chi connectivity index (χ4v) is 3.12. The second-order valence-electron chi connectivity index (χ2n) is 6.67. The Balaban J connectivity index is 1.68. The molecule has 0 saturated carbocycles. The third-order valence-corrected chi connectivity index (χ3v) is 4.30. The Morgan fingerprint density at radius 3 is 2.62 bits per heavy atom. The Bertz CT molecular complexity index is 637. The van der Waals surface area contributed by atoms with E-state index in [-0.39, 0.29) is 0 Å². The summed E-state index contributed by atoms with van der Waals surface area (Å²) < 4.78 is 22.1. The largest absolute Gasteiger partial charge is 0.497 e. The number of carbonyl (C=O) groups is 1. The molecule has 1 aromatic carbocycles. The Kier molecular flexibility index (Phi) is 5.35. The van der Waals surface area contributed by atoms with Crippen LogP contribution < -0.4 is 15.4 Å². The lowest BCUT2D eigenvalue weighted by Crippen LogP contribution is -2.53. The number of ether oxygens (including phenoxy) is 4. The van der Waals surface area contributed by atoms with E-state index in [1.54, 1.807) is 45.2 Å². The zero-order valence-corrected chi connectivity index (χ0v) is 14.8. The lowest BCUT2D eigenvalue weighted by molar-refractivity contribution is -0.218. The van der Waals surface area contributed by atoms with E-state index in [0.29, 0.717) is 11.4 Å². The molecule has 0 spiro atoms. The van der Waals surface area contributed by atoms with Gasteiger partial charge in [-0.05, 0) is 38.1 Å². The number of methoxy groups -OCH3 is 1. The zero-order chi connectivity index (χ0) is 18.9. The highest BCUT2D eigenvalue weighted by atomic mass is 16.8. The SMILES string of the molecule is COc1ccc(NC(=O)N[C@H]2[C@H]3OC(C)(C)O[C@H]3O[C@@H]2C(O)CO)cc1. The van der Waals surface area contributed by atoms with Crippen LogP contribution in [0.15, 0.2) is 24.3 Å². The summed E-state index contributed by atoms with van der Waals surface area (Å²) in [7, 11) is 1.56. The molecule has 26 heavy (non-hydrogen) atoms. The van der Waals surface area contributed by atoms with E-state index in [9.17, 15) is 15.0 Å². The average molecular weight is 368 g/mol. The fourth-order valence-electron chi connectivity index (χ4n) is 3.12. The van der Waals surface area contributed by atoms with Gasteiger partial charge >= 0.3 is 6.03 Å². The molecule has 9 heteroatoms. The molecule has 2 heterocycles. The molecule has 3 rings (SSSR count). The lowest BCUT2D eigenvalue weighted by atomic mass is 10.0. The molecule has 0 radical (unpaired) electrons. The van der Waals surface area contributed by atoms with Gasteiger partial charge in [-0.25, -0.2) is 4.79 Å².